The molecule has 8 nitrogen and oxygen atoms in total. The Morgan fingerprint density at radius 2 is 1.65 bits per heavy atom. The van der Waals surface area contributed by atoms with E-state index in [-0.39, 0.29) is 6.10 Å². The van der Waals surface area contributed by atoms with E-state index in [0.717, 1.165) is 25.9 Å². The molecule has 0 aliphatic carbocycles. The molecule has 2 atom stereocenters. The summed E-state index contributed by atoms with van der Waals surface area (Å²) in [4.78, 5) is 24.5. The summed E-state index contributed by atoms with van der Waals surface area (Å²) in [5.74, 6) is -5.51. The lowest BCUT2D eigenvalue weighted by atomic mass is 10.0. The van der Waals surface area contributed by atoms with Crippen molar-refractivity contribution < 1.29 is 50.9 Å². The summed E-state index contributed by atoms with van der Waals surface area (Å²) >= 11 is 0. The summed E-state index contributed by atoms with van der Waals surface area (Å²) in [7, 11) is 1.79. The van der Waals surface area contributed by atoms with E-state index in [4.69, 9.17) is 29.8 Å². The number of nitrogens with zero attached hydrogens (tertiary/aromatic N) is 3. The fourth-order valence-electron chi connectivity index (χ4n) is 3.35. The third-order valence-electron chi connectivity index (χ3n) is 5.00. The van der Waals surface area contributed by atoms with Gasteiger partial charge in [-0.05, 0) is 42.2 Å². The number of benzene rings is 1. The zero-order valence-electron chi connectivity index (χ0n) is 19.3. The number of carbonyl (C=O) groups is 2. The van der Waals surface area contributed by atoms with Crippen LogP contribution in [0.15, 0.2) is 48.8 Å². The highest BCUT2D eigenvalue weighted by Crippen LogP contribution is 2.26. The van der Waals surface area contributed by atoms with Crippen molar-refractivity contribution in [2.24, 2.45) is 0 Å². The highest BCUT2D eigenvalue weighted by Gasteiger charge is 2.39. The number of alkyl halides is 6. The molecule has 0 spiro atoms. The predicted octanol–water partition coefficient (Wildman–Crippen LogP) is 4.05. The highest BCUT2D eigenvalue weighted by atomic mass is 19.4. The normalized spacial score (nSPS) is 17.5. The molecule has 1 aliphatic rings. The number of methoxy groups -OCH3 is 1. The second-order valence-corrected chi connectivity index (χ2v) is 7.58. The van der Waals surface area contributed by atoms with Crippen molar-refractivity contribution in [2.75, 3.05) is 13.7 Å². The van der Waals surface area contributed by atoms with Crippen LogP contribution in [0.5, 0.6) is 0 Å². The standard InChI is InChI=1S/C19H21N3O.2C2HF3O2/c1-23-19-7-9-22(14-17-5-2-4-15(10-17)12-20)18(19)11-16-6-3-8-21-13-16;2*3-2(4,5)1(6)7/h2-6,8,10,13,18-19H,7,9,11,14H2,1H3;2*(H,6,7)/t18-,19-;;/m0../s1. The first-order valence-corrected chi connectivity index (χ1v) is 10.4. The van der Waals surface area contributed by atoms with Crippen LogP contribution in [0.4, 0.5) is 26.3 Å². The van der Waals surface area contributed by atoms with Crippen LogP contribution in [0.3, 0.4) is 0 Å². The van der Waals surface area contributed by atoms with Gasteiger partial charge in [0.2, 0.25) is 0 Å². The summed E-state index contributed by atoms with van der Waals surface area (Å²) in [6.45, 7) is 1.86. The van der Waals surface area contributed by atoms with E-state index in [1.807, 2.05) is 30.5 Å². The van der Waals surface area contributed by atoms with Crippen molar-refractivity contribution >= 4 is 11.9 Å². The average molecular weight is 535 g/mol. The molecule has 1 fully saturated rings. The van der Waals surface area contributed by atoms with E-state index in [2.05, 4.69) is 28.1 Å². The molecule has 0 bridgehead atoms. The molecule has 37 heavy (non-hydrogen) atoms. The fourth-order valence-corrected chi connectivity index (χ4v) is 3.35. The third kappa shape index (κ3) is 11.3. The van der Waals surface area contributed by atoms with Crippen LogP contribution >= 0.6 is 0 Å². The van der Waals surface area contributed by atoms with Crippen molar-refractivity contribution in [2.45, 2.75) is 43.9 Å². The van der Waals surface area contributed by atoms with Gasteiger partial charge in [-0.1, -0.05) is 18.2 Å². The van der Waals surface area contributed by atoms with E-state index in [0.29, 0.717) is 11.6 Å². The number of pyridine rings is 1. The van der Waals surface area contributed by atoms with E-state index < -0.39 is 24.3 Å². The van der Waals surface area contributed by atoms with Crippen LogP contribution in [-0.4, -0.2) is 70.2 Å². The van der Waals surface area contributed by atoms with Crippen molar-refractivity contribution in [3.05, 3.63) is 65.5 Å². The lowest BCUT2D eigenvalue weighted by molar-refractivity contribution is -0.193. The first-order chi connectivity index (χ1) is 17.2. The van der Waals surface area contributed by atoms with Crippen LogP contribution in [-0.2, 0) is 27.3 Å². The Morgan fingerprint density at radius 1 is 1.08 bits per heavy atom. The zero-order valence-corrected chi connectivity index (χ0v) is 19.3. The topological polar surface area (TPSA) is 124 Å². The van der Waals surface area contributed by atoms with E-state index in [1.54, 1.807) is 13.3 Å². The van der Waals surface area contributed by atoms with Gasteiger partial charge in [-0.25, -0.2) is 9.59 Å². The van der Waals surface area contributed by atoms with Gasteiger partial charge in [-0.15, -0.1) is 0 Å². The van der Waals surface area contributed by atoms with Gasteiger partial charge in [-0.3, -0.25) is 9.88 Å². The number of halogens is 6. The van der Waals surface area contributed by atoms with Crippen molar-refractivity contribution in [1.29, 1.82) is 5.26 Å². The monoisotopic (exact) mass is 535 g/mol. The van der Waals surface area contributed by atoms with Crippen LogP contribution in [0, 0.1) is 11.3 Å². The van der Waals surface area contributed by atoms with Crippen molar-refractivity contribution in [3.8, 4) is 6.07 Å². The van der Waals surface area contributed by atoms with Crippen molar-refractivity contribution in [3.63, 3.8) is 0 Å². The first kappa shape index (κ1) is 31.3. The Morgan fingerprint density at radius 3 is 2.11 bits per heavy atom. The third-order valence-corrected chi connectivity index (χ3v) is 5.00. The first-order valence-electron chi connectivity index (χ1n) is 10.4. The van der Waals surface area contributed by atoms with Gasteiger partial charge in [0.1, 0.15) is 0 Å². The molecule has 3 rings (SSSR count). The molecule has 2 aromatic rings. The maximum atomic E-state index is 10.6. The van der Waals surface area contributed by atoms with Crippen molar-refractivity contribution in [1.82, 2.24) is 9.88 Å². The molecule has 202 valence electrons. The lowest BCUT2D eigenvalue weighted by Gasteiger charge is -2.27. The van der Waals surface area contributed by atoms with Crippen LogP contribution < -0.4 is 0 Å². The zero-order chi connectivity index (χ0) is 28.2. The molecule has 2 heterocycles. The van der Waals surface area contributed by atoms with Gasteiger partial charge >= 0.3 is 24.3 Å². The smallest absolute Gasteiger partial charge is 0.475 e. The minimum Gasteiger partial charge on any atom is -0.475 e. The number of nitriles is 1. The summed E-state index contributed by atoms with van der Waals surface area (Å²) in [6.07, 6.45) is -4.21. The maximum absolute atomic E-state index is 10.6. The number of aromatic nitrogens is 1. The second kappa shape index (κ2) is 14.1. The Bertz CT molecular complexity index is 1030. The number of hydrogen-bond acceptors (Lipinski definition) is 6. The number of aliphatic carboxylic acids is 2. The Balaban J connectivity index is 0.000000404. The molecule has 14 heteroatoms. The van der Waals surface area contributed by atoms with E-state index in [1.165, 1.54) is 11.1 Å². The largest absolute Gasteiger partial charge is 0.490 e. The number of carboxylic acid groups (broad SMARTS) is 2. The second-order valence-electron chi connectivity index (χ2n) is 7.58. The molecule has 1 aromatic heterocycles. The quantitative estimate of drug-likeness (QED) is 0.550. The number of ether oxygens (including phenoxy) is 1. The minimum atomic E-state index is -5.08. The molecule has 1 saturated heterocycles. The predicted molar refractivity (Wildman–Crippen MR) is 116 cm³/mol. The SMILES string of the molecule is CO[C@H]1CCN(Cc2cccc(C#N)c2)[C@H]1Cc1cccnc1.O=C(O)C(F)(F)F.O=C(O)C(F)(F)F. The van der Waals surface area contributed by atoms with Gasteiger partial charge in [0.05, 0.1) is 17.7 Å². The van der Waals surface area contributed by atoms with E-state index in [9.17, 15) is 26.3 Å². The van der Waals surface area contributed by atoms with Gasteiger partial charge in [0.15, 0.2) is 0 Å². The Kier molecular flexibility index (Phi) is 12.0. The summed E-state index contributed by atoms with van der Waals surface area (Å²) in [5, 5.41) is 23.3. The Labute approximate surface area is 207 Å². The van der Waals surface area contributed by atoms with Crippen LogP contribution in [0.1, 0.15) is 23.1 Å². The van der Waals surface area contributed by atoms with Gasteiger partial charge in [-0.2, -0.15) is 31.6 Å². The molecule has 2 N–H and O–H groups in total. The highest BCUT2D eigenvalue weighted by molar-refractivity contribution is 5.73. The fraction of sp³-hybridized carbons (Fsp3) is 0.391. The maximum Gasteiger partial charge on any atom is 0.490 e. The molecular formula is C23H23F6N3O5. The minimum absolute atomic E-state index is 0.245. The Hall–Kier alpha value is -3.70. The molecule has 0 radical (unpaired) electrons. The molecule has 1 aliphatic heterocycles. The van der Waals surface area contributed by atoms with Gasteiger partial charge < -0.3 is 14.9 Å². The van der Waals surface area contributed by atoms with Crippen LogP contribution in [0.25, 0.3) is 0 Å². The molecule has 0 amide bonds. The summed E-state index contributed by atoms with van der Waals surface area (Å²) in [5.41, 5.74) is 3.13. The molecule has 0 saturated carbocycles. The van der Waals surface area contributed by atoms with Gasteiger partial charge in [0, 0.05) is 38.6 Å². The number of carboxylic acids is 2. The number of likely N-dealkylation sites (tertiary alicyclic amines) is 1. The summed E-state index contributed by atoms with van der Waals surface area (Å²) < 4.78 is 69.2. The van der Waals surface area contributed by atoms with Crippen LogP contribution in [0.2, 0.25) is 0 Å². The summed E-state index contributed by atoms with van der Waals surface area (Å²) in [6, 6.07) is 14.5. The molecule has 1 aromatic carbocycles. The average Bonchev–Trinajstić information content (AvgIpc) is 3.20. The number of rotatable bonds is 5. The van der Waals surface area contributed by atoms with Gasteiger partial charge in [0.25, 0.3) is 0 Å². The lowest BCUT2D eigenvalue weighted by Crippen LogP contribution is -2.37. The molecular weight excluding hydrogens is 512 g/mol. The molecule has 0 unspecified atom stereocenters. The van der Waals surface area contributed by atoms with E-state index >= 15 is 0 Å². The number of hydrogen-bond donors (Lipinski definition) is 2.